The second-order valence-corrected chi connectivity index (χ2v) is 16.0. The molecule has 2 aromatic carbocycles. The number of carboxylic acids is 1. The number of aliphatic carboxylic acids is 1. The molecule has 2 fully saturated rings. The Morgan fingerprint density at radius 2 is 1.49 bits per heavy atom. The molecule has 8 atom stereocenters. The largest absolute Gasteiger partial charge is 0.480 e. The summed E-state index contributed by atoms with van der Waals surface area (Å²) in [6, 6.07) is 2.31. The van der Waals surface area contributed by atoms with E-state index in [1.54, 1.807) is 37.3 Å². The van der Waals surface area contributed by atoms with Gasteiger partial charge in [-0.3, -0.25) is 33.6 Å². The maximum atomic E-state index is 14.3. The van der Waals surface area contributed by atoms with Gasteiger partial charge in [0.25, 0.3) is 0 Å². The lowest BCUT2D eigenvalue weighted by Gasteiger charge is -2.35. The van der Waals surface area contributed by atoms with Crippen molar-refractivity contribution in [1.82, 2.24) is 25.8 Å². The molecule has 0 spiro atoms. The van der Waals surface area contributed by atoms with Crippen LogP contribution in [-0.2, 0) is 35.2 Å². The van der Waals surface area contributed by atoms with Gasteiger partial charge in [-0.1, -0.05) is 50.6 Å². The van der Waals surface area contributed by atoms with Crippen molar-refractivity contribution in [3.63, 3.8) is 0 Å². The van der Waals surface area contributed by atoms with E-state index in [-0.39, 0.29) is 49.4 Å². The van der Waals surface area contributed by atoms with Gasteiger partial charge in [0.05, 0.1) is 5.69 Å². The van der Waals surface area contributed by atoms with E-state index in [9.17, 15) is 43.5 Å². The summed E-state index contributed by atoms with van der Waals surface area (Å²) in [7, 11) is 0. The maximum Gasteiger partial charge on any atom is 0.326 e. The fourth-order valence-corrected chi connectivity index (χ4v) is 8.08. The number of likely N-dealkylation sites (tertiary alicyclic amines) is 2. The van der Waals surface area contributed by atoms with Crippen molar-refractivity contribution in [3.8, 4) is 0 Å². The van der Waals surface area contributed by atoms with Gasteiger partial charge in [0.15, 0.2) is 0 Å². The quantitative estimate of drug-likeness (QED) is 0.0595. The number of hydrogen-bond acceptors (Lipinski definition) is 11. The van der Waals surface area contributed by atoms with Gasteiger partial charge in [-0.25, -0.2) is 4.79 Å². The molecule has 4 rings (SSSR count). The molecule has 17 heteroatoms. The highest BCUT2D eigenvalue weighted by Crippen LogP contribution is 2.29. The molecule has 17 nitrogen and oxygen atoms in total. The zero-order chi connectivity index (χ0) is 43.4. The molecule has 59 heavy (non-hydrogen) atoms. The van der Waals surface area contributed by atoms with Crippen LogP contribution in [0.25, 0.3) is 0 Å². The third-order valence-electron chi connectivity index (χ3n) is 11.7. The van der Waals surface area contributed by atoms with E-state index in [2.05, 4.69) is 21.3 Å². The molecule has 0 bridgehead atoms. The molecule has 2 aliphatic heterocycles. The van der Waals surface area contributed by atoms with E-state index in [0.717, 1.165) is 5.56 Å². The van der Waals surface area contributed by atoms with Crippen LogP contribution in [0.5, 0.6) is 0 Å². The fraction of sp³-hybridized carbons (Fsp3) is 0.619. The van der Waals surface area contributed by atoms with Gasteiger partial charge in [-0.15, -0.1) is 0 Å². The third kappa shape index (κ3) is 11.5. The predicted octanol–water partition coefficient (Wildman–Crippen LogP) is 0.438. The molecule has 0 radical (unpaired) electrons. The Balaban J connectivity index is 1.52. The van der Waals surface area contributed by atoms with Crippen LogP contribution in [0, 0.1) is 12.8 Å². The average molecular weight is 823 g/mol. The molecule has 2 aromatic rings. The molecular weight excluding hydrogens is 761 g/mol. The van der Waals surface area contributed by atoms with E-state index in [1.807, 2.05) is 13.8 Å². The van der Waals surface area contributed by atoms with Crippen molar-refractivity contribution in [2.45, 2.75) is 141 Å². The highest BCUT2D eigenvalue weighted by atomic mass is 16.4. The molecule has 0 saturated carbocycles. The summed E-state index contributed by atoms with van der Waals surface area (Å²) in [5, 5.41) is 21.2. The highest BCUT2D eigenvalue weighted by Gasteiger charge is 2.46. The number of nitrogens with two attached hydrogens (primary N) is 2. The topological polar surface area (TPSA) is 263 Å². The number of anilines is 1. The van der Waals surface area contributed by atoms with Crippen LogP contribution in [0.3, 0.4) is 0 Å². The van der Waals surface area contributed by atoms with Gasteiger partial charge in [-0.05, 0) is 96.2 Å². The molecule has 0 aliphatic carbocycles. The van der Waals surface area contributed by atoms with Crippen LogP contribution in [0.4, 0.5) is 5.69 Å². The average Bonchev–Trinajstić information content (AvgIpc) is 3.82. The smallest absolute Gasteiger partial charge is 0.326 e. The number of carboxylic acid groups (broad SMARTS) is 1. The van der Waals surface area contributed by atoms with Crippen molar-refractivity contribution in [3.05, 3.63) is 61.9 Å². The Hall–Kier alpha value is -5.16. The van der Waals surface area contributed by atoms with Crippen LogP contribution in [-0.4, -0.2) is 112 Å². The van der Waals surface area contributed by atoms with Crippen LogP contribution < -0.4 is 43.6 Å². The van der Waals surface area contributed by atoms with Crippen molar-refractivity contribution >= 4 is 41.2 Å². The zero-order valence-electron chi connectivity index (χ0n) is 34.7. The lowest BCUT2D eigenvalue weighted by Crippen LogP contribution is -2.60. The number of unbranched alkanes of at least 4 members (excludes halogenated alkanes) is 2. The molecule has 2 aliphatic rings. The number of nitrogens with zero attached hydrogens (tertiary/aromatic N) is 2. The van der Waals surface area contributed by atoms with E-state index < -0.39 is 88.7 Å². The summed E-state index contributed by atoms with van der Waals surface area (Å²) in [6.07, 6.45) is 4.14. The van der Waals surface area contributed by atoms with Gasteiger partial charge < -0.3 is 47.6 Å². The molecule has 9 N–H and O–H groups in total. The van der Waals surface area contributed by atoms with Crippen molar-refractivity contribution < 1.29 is 33.9 Å². The molecule has 2 saturated heterocycles. The SMILES string of the molecule is CC[C@H](C)[C@@H](C(=O)N[C@@H](CCCCN)C(=O)N[C@@H](CCCCN)C(=O)N1CCC[C@H]1C(=O)N[C@@H](Cc1ccccc1)C(=O)O)N1C(=O)[C@@H](Nc2c(C)c(=O)c2=O)CC1C. The molecule has 5 amide bonds. The number of rotatable bonds is 23. The second kappa shape index (κ2) is 21.7. The lowest BCUT2D eigenvalue weighted by atomic mass is 9.95. The Labute approximate surface area is 345 Å². The molecule has 1 unspecified atom stereocenters. The third-order valence-corrected chi connectivity index (χ3v) is 11.7. The Morgan fingerprint density at radius 3 is 2.08 bits per heavy atom. The summed E-state index contributed by atoms with van der Waals surface area (Å²) >= 11 is 0. The first-order valence-electron chi connectivity index (χ1n) is 20.9. The van der Waals surface area contributed by atoms with Gasteiger partial charge in [0.1, 0.15) is 36.3 Å². The second-order valence-electron chi connectivity index (χ2n) is 16.0. The number of amides is 5. The Morgan fingerprint density at radius 1 is 0.864 bits per heavy atom. The number of hydrogen-bond donors (Lipinski definition) is 7. The number of carbonyl (C=O) groups excluding carboxylic acids is 5. The maximum absolute atomic E-state index is 14.3. The number of carbonyl (C=O) groups is 6. The molecular formula is C42H62N8O9. The number of benzene rings is 1. The Kier molecular flexibility index (Phi) is 17.1. The van der Waals surface area contributed by atoms with Crippen LogP contribution >= 0.6 is 0 Å². The zero-order valence-corrected chi connectivity index (χ0v) is 34.7. The van der Waals surface area contributed by atoms with E-state index >= 15 is 0 Å². The normalized spacial score (nSPS) is 20.4. The summed E-state index contributed by atoms with van der Waals surface area (Å²) < 4.78 is 0. The summed E-state index contributed by atoms with van der Waals surface area (Å²) in [6.45, 7) is 7.97. The van der Waals surface area contributed by atoms with E-state index in [4.69, 9.17) is 11.5 Å². The van der Waals surface area contributed by atoms with Crippen molar-refractivity contribution in [2.24, 2.45) is 17.4 Å². The first kappa shape index (κ1) is 46.5. The first-order valence-corrected chi connectivity index (χ1v) is 20.9. The summed E-state index contributed by atoms with van der Waals surface area (Å²) in [5.41, 5.74) is 11.3. The predicted molar refractivity (Wildman–Crippen MR) is 222 cm³/mol. The monoisotopic (exact) mass is 822 g/mol. The molecule has 0 aromatic heterocycles. The molecule has 324 valence electrons. The fourth-order valence-electron chi connectivity index (χ4n) is 8.08. The van der Waals surface area contributed by atoms with Crippen molar-refractivity contribution in [1.29, 1.82) is 0 Å². The highest BCUT2D eigenvalue weighted by molar-refractivity contribution is 5.97. The van der Waals surface area contributed by atoms with Gasteiger partial charge in [-0.2, -0.15) is 0 Å². The van der Waals surface area contributed by atoms with Crippen LogP contribution in [0.1, 0.15) is 96.1 Å². The van der Waals surface area contributed by atoms with Gasteiger partial charge >= 0.3 is 5.97 Å². The van der Waals surface area contributed by atoms with Gasteiger partial charge in [0.2, 0.25) is 40.4 Å². The minimum atomic E-state index is -1.22. The lowest BCUT2D eigenvalue weighted by molar-refractivity contribution is -0.145. The molecule has 2 heterocycles. The summed E-state index contributed by atoms with van der Waals surface area (Å²) in [4.78, 5) is 109. The Bertz CT molecular complexity index is 1870. The van der Waals surface area contributed by atoms with Crippen LogP contribution in [0.15, 0.2) is 39.9 Å². The van der Waals surface area contributed by atoms with Crippen molar-refractivity contribution in [2.75, 3.05) is 25.0 Å². The minimum absolute atomic E-state index is 0.0545. The van der Waals surface area contributed by atoms with Gasteiger partial charge in [0, 0.05) is 24.6 Å². The van der Waals surface area contributed by atoms with E-state index in [0.29, 0.717) is 58.0 Å². The number of nitrogens with one attached hydrogen (secondary N) is 4. The summed E-state index contributed by atoms with van der Waals surface area (Å²) in [5.74, 6) is -4.22. The van der Waals surface area contributed by atoms with E-state index in [1.165, 1.54) is 16.7 Å². The standard InChI is InChI=1S/C42H62N8O9/c1-5-24(2)34(50-25(3)22-30(41(50)57)45-33-26(4)35(51)36(33)52)39(55)46-28(16-9-11-19-43)37(53)47-29(17-10-12-20-44)40(56)49-21-13-18-32(49)38(54)48-31(42(58)59)23-27-14-7-6-8-15-27/h6-8,14-15,24-25,28-32,34,45H,5,9-13,16-23,43-44H2,1-4H3,(H,46,55)(H,47,53)(H,48,54)(H,58,59)/t24-,25?,28-,29-,30-,31-,32-,34-/m0/s1. The van der Waals surface area contributed by atoms with Crippen LogP contribution in [0.2, 0.25) is 0 Å². The first-order chi connectivity index (χ1) is 28.1. The minimum Gasteiger partial charge on any atom is -0.480 e.